The van der Waals surface area contributed by atoms with Crippen LogP contribution in [-0.4, -0.2) is 38.9 Å². The number of nitrogens with one attached hydrogen (secondary N) is 1. The van der Waals surface area contributed by atoms with E-state index in [1.54, 1.807) is 29.1 Å². The van der Waals surface area contributed by atoms with Gasteiger partial charge < -0.3 is 5.32 Å². The summed E-state index contributed by atoms with van der Waals surface area (Å²) in [6, 6.07) is 16.2. The lowest BCUT2D eigenvalue weighted by Crippen LogP contribution is -2.31. The first kappa shape index (κ1) is 20.5. The zero-order chi connectivity index (χ0) is 22.0. The van der Waals surface area contributed by atoms with Crippen LogP contribution in [0.4, 0.5) is 5.82 Å². The van der Waals surface area contributed by atoms with Crippen LogP contribution >= 0.6 is 0 Å². The predicted molar refractivity (Wildman–Crippen MR) is 117 cm³/mol. The van der Waals surface area contributed by atoms with E-state index in [4.69, 9.17) is 0 Å². The SMILES string of the molecule is CCC(C)n1nccc1NC(=O)c1ccc2c(c1)C(=O)N(CCc1ccccc1)C2=O. The van der Waals surface area contributed by atoms with Crippen LogP contribution in [0.25, 0.3) is 0 Å². The van der Waals surface area contributed by atoms with Gasteiger partial charge in [-0.1, -0.05) is 37.3 Å². The third-order valence-electron chi connectivity index (χ3n) is 5.62. The van der Waals surface area contributed by atoms with Gasteiger partial charge in [-0.05, 0) is 43.5 Å². The number of hydrogen-bond donors (Lipinski definition) is 1. The summed E-state index contributed by atoms with van der Waals surface area (Å²) in [5, 5.41) is 7.11. The summed E-state index contributed by atoms with van der Waals surface area (Å²) in [6.07, 6.45) is 3.09. The first-order valence-corrected chi connectivity index (χ1v) is 10.4. The van der Waals surface area contributed by atoms with E-state index < -0.39 is 0 Å². The summed E-state index contributed by atoms with van der Waals surface area (Å²) in [4.78, 5) is 39.6. The number of amides is 3. The number of rotatable bonds is 7. The monoisotopic (exact) mass is 416 g/mol. The minimum Gasteiger partial charge on any atom is -0.307 e. The first-order valence-electron chi connectivity index (χ1n) is 10.4. The van der Waals surface area contributed by atoms with E-state index in [1.807, 2.05) is 44.2 Å². The van der Waals surface area contributed by atoms with Gasteiger partial charge in [0.1, 0.15) is 5.82 Å². The Labute approximate surface area is 180 Å². The number of hydrogen-bond acceptors (Lipinski definition) is 4. The normalized spacial score (nSPS) is 13.9. The number of nitrogens with zero attached hydrogens (tertiary/aromatic N) is 3. The third kappa shape index (κ3) is 3.99. The van der Waals surface area contributed by atoms with E-state index in [2.05, 4.69) is 10.4 Å². The molecule has 158 valence electrons. The molecular weight excluding hydrogens is 392 g/mol. The average molecular weight is 416 g/mol. The van der Waals surface area contributed by atoms with Gasteiger partial charge in [-0.25, -0.2) is 4.68 Å². The van der Waals surface area contributed by atoms with Gasteiger partial charge in [0.25, 0.3) is 17.7 Å². The molecule has 0 fully saturated rings. The van der Waals surface area contributed by atoms with Gasteiger partial charge in [-0.15, -0.1) is 0 Å². The largest absolute Gasteiger partial charge is 0.307 e. The molecule has 7 nitrogen and oxygen atoms in total. The topological polar surface area (TPSA) is 84.3 Å². The van der Waals surface area contributed by atoms with E-state index in [0.29, 0.717) is 29.9 Å². The van der Waals surface area contributed by atoms with Crippen LogP contribution in [-0.2, 0) is 6.42 Å². The summed E-state index contributed by atoms with van der Waals surface area (Å²) < 4.78 is 1.76. The summed E-state index contributed by atoms with van der Waals surface area (Å²) in [5.41, 5.74) is 1.97. The lowest BCUT2D eigenvalue weighted by atomic mass is 10.1. The zero-order valence-electron chi connectivity index (χ0n) is 17.5. The number of benzene rings is 2. The molecule has 4 rings (SSSR count). The van der Waals surface area contributed by atoms with Gasteiger partial charge in [0, 0.05) is 18.2 Å². The van der Waals surface area contributed by atoms with Crippen molar-refractivity contribution in [1.82, 2.24) is 14.7 Å². The maximum atomic E-state index is 12.9. The standard InChI is InChI=1S/C24H24N4O3/c1-3-16(2)28-21(11-13-25-28)26-22(29)18-9-10-19-20(15-18)24(31)27(23(19)30)14-12-17-7-5-4-6-8-17/h4-11,13,15-16H,3,12,14H2,1-2H3,(H,26,29). The highest BCUT2D eigenvalue weighted by molar-refractivity contribution is 6.22. The molecule has 31 heavy (non-hydrogen) atoms. The third-order valence-corrected chi connectivity index (χ3v) is 5.62. The van der Waals surface area contributed by atoms with Crippen LogP contribution in [0.15, 0.2) is 60.8 Å². The van der Waals surface area contributed by atoms with E-state index in [9.17, 15) is 14.4 Å². The van der Waals surface area contributed by atoms with E-state index >= 15 is 0 Å². The molecule has 0 spiro atoms. The van der Waals surface area contributed by atoms with Crippen LogP contribution in [0.5, 0.6) is 0 Å². The number of carbonyl (C=O) groups is 3. The molecule has 0 saturated carbocycles. The first-order chi connectivity index (χ1) is 15.0. The van der Waals surface area contributed by atoms with Crippen molar-refractivity contribution < 1.29 is 14.4 Å². The molecule has 1 aliphatic heterocycles. The Hall–Kier alpha value is -3.74. The van der Waals surface area contributed by atoms with Gasteiger partial charge in [0.2, 0.25) is 0 Å². The molecule has 0 saturated heterocycles. The average Bonchev–Trinajstić information content (AvgIpc) is 3.35. The Balaban J connectivity index is 1.50. The van der Waals surface area contributed by atoms with Crippen LogP contribution < -0.4 is 5.32 Å². The smallest absolute Gasteiger partial charge is 0.261 e. The maximum absolute atomic E-state index is 12.9. The fourth-order valence-corrected chi connectivity index (χ4v) is 3.65. The van der Waals surface area contributed by atoms with E-state index in [-0.39, 0.29) is 29.3 Å². The van der Waals surface area contributed by atoms with Crippen LogP contribution in [0, 0.1) is 0 Å². The van der Waals surface area contributed by atoms with Gasteiger partial charge >= 0.3 is 0 Å². The summed E-state index contributed by atoms with van der Waals surface area (Å²) in [5.74, 6) is -0.449. The molecule has 7 heteroatoms. The molecule has 1 aliphatic rings. The van der Waals surface area contributed by atoms with E-state index in [0.717, 1.165) is 12.0 Å². The van der Waals surface area contributed by atoms with Gasteiger partial charge in [0.15, 0.2) is 0 Å². The molecule has 2 aromatic carbocycles. The van der Waals surface area contributed by atoms with Crippen molar-refractivity contribution >= 4 is 23.5 Å². The Morgan fingerprint density at radius 1 is 1.03 bits per heavy atom. The molecule has 3 amide bonds. The van der Waals surface area contributed by atoms with Crippen molar-refractivity contribution in [1.29, 1.82) is 0 Å². The Morgan fingerprint density at radius 2 is 1.77 bits per heavy atom. The number of carbonyl (C=O) groups excluding carboxylic acids is 3. The lowest BCUT2D eigenvalue weighted by molar-refractivity contribution is 0.0656. The lowest BCUT2D eigenvalue weighted by Gasteiger charge is -2.14. The van der Waals surface area contributed by atoms with Crippen LogP contribution in [0.1, 0.15) is 62.9 Å². The molecule has 0 bridgehead atoms. The highest BCUT2D eigenvalue weighted by atomic mass is 16.2. The van der Waals surface area contributed by atoms with E-state index in [1.165, 1.54) is 11.0 Å². The van der Waals surface area contributed by atoms with Crippen molar-refractivity contribution in [2.24, 2.45) is 0 Å². The fourth-order valence-electron chi connectivity index (χ4n) is 3.65. The summed E-state index contributed by atoms with van der Waals surface area (Å²) in [7, 11) is 0. The second-order valence-corrected chi connectivity index (χ2v) is 7.63. The minimum atomic E-state index is -0.366. The Kier molecular flexibility index (Phi) is 5.66. The Bertz CT molecular complexity index is 1140. The van der Waals surface area contributed by atoms with Crippen molar-refractivity contribution in [3.63, 3.8) is 0 Å². The highest BCUT2D eigenvalue weighted by Gasteiger charge is 2.35. The van der Waals surface area contributed by atoms with Crippen LogP contribution in [0.2, 0.25) is 0 Å². The van der Waals surface area contributed by atoms with Gasteiger partial charge in [-0.2, -0.15) is 5.10 Å². The van der Waals surface area contributed by atoms with Crippen molar-refractivity contribution in [3.05, 3.63) is 83.0 Å². The number of fused-ring (bicyclic) bond motifs is 1. The van der Waals surface area contributed by atoms with Crippen molar-refractivity contribution in [3.8, 4) is 0 Å². The molecular formula is C24H24N4O3. The predicted octanol–water partition coefficient (Wildman–Crippen LogP) is 3.95. The second-order valence-electron chi connectivity index (χ2n) is 7.63. The molecule has 1 unspecified atom stereocenters. The molecule has 1 N–H and O–H groups in total. The molecule has 1 aromatic heterocycles. The quantitative estimate of drug-likeness (QED) is 0.591. The second kappa shape index (κ2) is 8.55. The highest BCUT2D eigenvalue weighted by Crippen LogP contribution is 2.25. The molecule has 0 radical (unpaired) electrons. The molecule has 3 aromatic rings. The molecule has 0 aliphatic carbocycles. The summed E-state index contributed by atoms with van der Waals surface area (Å²) >= 11 is 0. The number of imide groups is 1. The number of aromatic nitrogens is 2. The molecule has 1 atom stereocenters. The van der Waals surface area contributed by atoms with Crippen molar-refractivity contribution in [2.75, 3.05) is 11.9 Å². The zero-order valence-corrected chi connectivity index (χ0v) is 17.5. The Morgan fingerprint density at radius 3 is 2.52 bits per heavy atom. The minimum absolute atomic E-state index is 0.141. The van der Waals surface area contributed by atoms with Crippen LogP contribution in [0.3, 0.4) is 0 Å². The van der Waals surface area contributed by atoms with Gasteiger partial charge in [-0.3, -0.25) is 19.3 Å². The maximum Gasteiger partial charge on any atom is 0.261 e. The fraction of sp³-hybridized carbons (Fsp3) is 0.250. The molecule has 2 heterocycles. The number of anilines is 1. The van der Waals surface area contributed by atoms with Gasteiger partial charge in [0.05, 0.1) is 23.4 Å². The summed E-state index contributed by atoms with van der Waals surface area (Å²) in [6.45, 7) is 4.36. The van der Waals surface area contributed by atoms with Crippen molar-refractivity contribution in [2.45, 2.75) is 32.7 Å².